The smallest absolute Gasteiger partial charge is 0.244 e. The average molecular weight is 457 g/mol. The van der Waals surface area contributed by atoms with Gasteiger partial charge in [-0.3, -0.25) is 4.79 Å². The van der Waals surface area contributed by atoms with Crippen molar-refractivity contribution < 1.29 is 13.9 Å². The summed E-state index contributed by atoms with van der Waals surface area (Å²) < 4.78 is 11.8. The predicted octanol–water partition coefficient (Wildman–Crippen LogP) is 6.04. The molecule has 0 aliphatic rings. The first kappa shape index (κ1) is 23.6. The maximum Gasteiger partial charge on any atom is 0.244 e. The van der Waals surface area contributed by atoms with E-state index in [4.69, 9.17) is 9.15 Å². The van der Waals surface area contributed by atoms with Crippen molar-refractivity contribution >= 4 is 33.2 Å². The molecule has 0 aliphatic heterocycles. The number of nitrogens with zero attached hydrogens (tertiary/aromatic N) is 1. The molecule has 4 aromatic rings. The minimum atomic E-state index is -0.0995. The summed E-state index contributed by atoms with van der Waals surface area (Å²) in [5.41, 5.74) is 5.59. The van der Waals surface area contributed by atoms with Crippen molar-refractivity contribution in [3.8, 4) is 16.9 Å². The maximum atomic E-state index is 12.5. The summed E-state index contributed by atoms with van der Waals surface area (Å²) in [5, 5.41) is 6.34. The van der Waals surface area contributed by atoms with Gasteiger partial charge in [0.25, 0.3) is 0 Å². The van der Waals surface area contributed by atoms with Gasteiger partial charge in [-0.15, -0.1) is 0 Å². The number of carbonyl (C=O) groups is 1. The van der Waals surface area contributed by atoms with Crippen LogP contribution in [-0.4, -0.2) is 45.1 Å². The molecule has 5 heteroatoms. The van der Waals surface area contributed by atoms with E-state index in [2.05, 4.69) is 52.7 Å². The molecular weight excluding hydrogens is 424 g/mol. The molecule has 0 atom stereocenters. The molecule has 0 fully saturated rings. The molecule has 176 valence electrons. The fourth-order valence-corrected chi connectivity index (χ4v) is 4.47. The van der Waals surface area contributed by atoms with Gasteiger partial charge in [0.15, 0.2) is 0 Å². The van der Waals surface area contributed by atoms with E-state index in [0.717, 1.165) is 57.5 Å². The van der Waals surface area contributed by atoms with E-state index < -0.39 is 0 Å². The number of furan rings is 1. The van der Waals surface area contributed by atoms with Crippen molar-refractivity contribution in [1.82, 2.24) is 10.2 Å². The van der Waals surface area contributed by atoms with Gasteiger partial charge in [-0.1, -0.05) is 42.5 Å². The number of carbonyl (C=O) groups excluding carboxylic acids is 1. The molecule has 1 heterocycles. The van der Waals surface area contributed by atoms with Gasteiger partial charge in [0, 0.05) is 34.7 Å². The van der Waals surface area contributed by atoms with Crippen molar-refractivity contribution in [2.75, 3.05) is 34.3 Å². The fraction of sp³-hybridized carbons (Fsp3) is 0.276. The molecule has 34 heavy (non-hydrogen) atoms. The van der Waals surface area contributed by atoms with Gasteiger partial charge in [-0.05, 0) is 68.9 Å². The Hall–Kier alpha value is -3.57. The second-order valence-electron chi connectivity index (χ2n) is 8.91. The van der Waals surface area contributed by atoms with E-state index >= 15 is 0 Å². The van der Waals surface area contributed by atoms with Crippen LogP contribution in [0.3, 0.4) is 0 Å². The van der Waals surface area contributed by atoms with Crippen LogP contribution in [0.5, 0.6) is 5.75 Å². The van der Waals surface area contributed by atoms with Crippen molar-refractivity contribution in [1.29, 1.82) is 0 Å². The van der Waals surface area contributed by atoms with Crippen LogP contribution in [0.15, 0.2) is 65.3 Å². The van der Waals surface area contributed by atoms with E-state index in [9.17, 15) is 4.79 Å². The first-order valence-electron chi connectivity index (χ1n) is 11.6. The molecular formula is C29H32N2O3. The molecule has 1 amide bonds. The number of benzene rings is 3. The molecule has 1 aromatic heterocycles. The zero-order chi connectivity index (χ0) is 24.2. The number of allylic oxidation sites excluding steroid dienone is 1. The van der Waals surface area contributed by atoms with Crippen LogP contribution >= 0.6 is 0 Å². The third kappa shape index (κ3) is 4.70. The van der Waals surface area contributed by atoms with Crippen molar-refractivity contribution in [2.45, 2.75) is 20.3 Å². The number of aryl methyl sites for hydroxylation is 1. The number of hydrogen-bond donors (Lipinski definition) is 1. The fourth-order valence-electron chi connectivity index (χ4n) is 4.47. The summed E-state index contributed by atoms with van der Waals surface area (Å²) in [6, 6.07) is 16.7. The Balaban J connectivity index is 1.75. The SMILES string of the molecule is COc1c(/C(C)=C/C(=O)NCCCN(C)C)cc2c(-c3cccc4ccccc34)coc2c1C. The monoisotopic (exact) mass is 456 g/mol. The Morgan fingerprint density at radius 1 is 1.09 bits per heavy atom. The normalized spacial score (nSPS) is 12.0. The molecule has 0 spiro atoms. The van der Waals surface area contributed by atoms with Crippen LogP contribution in [0.2, 0.25) is 0 Å². The van der Waals surface area contributed by atoms with Gasteiger partial charge >= 0.3 is 0 Å². The van der Waals surface area contributed by atoms with Crippen molar-refractivity contribution in [3.05, 3.63) is 72.0 Å². The van der Waals surface area contributed by atoms with E-state index in [-0.39, 0.29) is 5.91 Å². The minimum absolute atomic E-state index is 0.0995. The number of fused-ring (bicyclic) bond motifs is 2. The standard InChI is InChI=1S/C29H32N2O3/c1-19(16-27(32)30-14-9-15-31(3)4)24-17-25-26(18-34-29(25)20(2)28(24)33-5)23-13-8-11-21-10-6-7-12-22(21)23/h6-8,10-13,16-18H,9,14-15H2,1-5H3,(H,30,32)/b19-16+. The molecule has 1 N–H and O–H groups in total. The van der Waals surface area contributed by atoms with Gasteiger partial charge in [0.1, 0.15) is 11.3 Å². The van der Waals surface area contributed by atoms with E-state index in [1.807, 2.05) is 40.3 Å². The number of amides is 1. The molecule has 0 unspecified atom stereocenters. The summed E-state index contributed by atoms with van der Waals surface area (Å²) in [6.07, 6.45) is 4.37. The zero-order valence-corrected chi connectivity index (χ0v) is 20.6. The van der Waals surface area contributed by atoms with Crippen LogP contribution in [0.1, 0.15) is 24.5 Å². The highest BCUT2D eigenvalue weighted by Crippen LogP contribution is 2.42. The van der Waals surface area contributed by atoms with Crippen LogP contribution in [0.4, 0.5) is 0 Å². The molecule has 0 aliphatic carbocycles. The summed E-state index contributed by atoms with van der Waals surface area (Å²) in [4.78, 5) is 14.6. The highest BCUT2D eigenvalue weighted by molar-refractivity contribution is 6.07. The maximum absolute atomic E-state index is 12.5. The predicted molar refractivity (Wildman–Crippen MR) is 140 cm³/mol. The average Bonchev–Trinajstić information content (AvgIpc) is 3.25. The van der Waals surface area contributed by atoms with Gasteiger partial charge in [0.2, 0.25) is 5.91 Å². The van der Waals surface area contributed by atoms with Crippen LogP contribution in [0, 0.1) is 6.92 Å². The lowest BCUT2D eigenvalue weighted by atomic mass is 9.94. The lowest BCUT2D eigenvalue weighted by Crippen LogP contribution is -2.25. The van der Waals surface area contributed by atoms with Crippen molar-refractivity contribution in [2.24, 2.45) is 0 Å². The topological polar surface area (TPSA) is 54.7 Å². The Morgan fingerprint density at radius 2 is 1.85 bits per heavy atom. The summed E-state index contributed by atoms with van der Waals surface area (Å²) in [6.45, 7) is 5.52. The van der Waals surface area contributed by atoms with Gasteiger partial charge in [0.05, 0.1) is 13.4 Å². The van der Waals surface area contributed by atoms with Crippen LogP contribution in [0.25, 0.3) is 38.4 Å². The Labute approximate surface area is 201 Å². The molecule has 5 nitrogen and oxygen atoms in total. The van der Waals surface area contributed by atoms with Crippen LogP contribution < -0.4 is 10.1 Å². The summed E-state index contributed by atoms with van der Waals surface area (Å²) in [5.74, 6) is 0.623. The van der Waals surface area contributed by atoms with E-state index in [1.54, 1.807) is 13.2 Å². The van der Waals surface area contributed by atoms with Crippen LogP contribution in [-0.2, 0) is 4.79 Å². The number of hydrogen-bond acceptors (Lipinski definition) is 4. The minimum Gasteiger partial charge on any atom is -0.496 e. The third-order valence-corrected chi connectivity index (χ3v) is 6.18. The highest BCUT2D eigenvalue weighted by Gasteiger charge is 2.19. The van der Waals surface area contributed by atoms with Gasteiger partial charge in [-0.2, -0.15) is 0 Å². The van der Waals surface area contributed by atoms with Crippen molar-refractivity contribution in [3.63, 3.8) is 0 Å². The highest BCUT2D eigenvalue weighted by atomic mass is 16.5. The molecule has 0 radical (unpaired) electrons. The molecule has 0 bridgehead atoms. The third-order valence-electron chi connectivity index (χ3n) is 6.18. The number of ether oxygens (including phenoxy) is 1. The Bertz CT molecular complexity index is 1360. The number of methoxy groups -OCH3 is 1. The van der Waals surface area contributed by atoms with E-state index in [0.29, 0.717) is 6.54 Å². The quantitative estimate of drug-likeness (QED) is 0.259. The lowest BCUT2D eigenvalue weighted by molar-refractivity contribution is -0.116. The van der Waals surface area contributed by atoms with Gasteiger partial charge in [-0.25, -0.2) is 0 Å². The number of nitrogens with one attached hydrogen (secondary N) is 1. The lowest BCUT2D eigenvalue weighted by Gasteiger charge is -2.14. The van der Waals surface area contributed by atoms with E-state index in [1.165, 1.54) is 10.8 Å². The second kappa shape index (κ2) is 10.1. The molecule has 4 rings (SSSR count). The molecule has 0 saturated heterocycles. The second-order valence-corrected chi connectivity index (χ2v) is 8.91. The van der Waals surface area contributed by atoms with Gasteiger partial charge < -0.3 is 19.4 Å². The zero-order valence-electron chi connectivity index (χ0n) is 20.6. The first-order valence-corrected chi connectivity index (χ1v) is 11.6. The summed E-state index contributed by atoms with van der Waals surface area (Å²) in [7, 11) is 5.71. The first-order chi connectivity index (χ1) is 16.4. The summed E-state index contributed by atoms with van der Waals surface area (Å²) >= 11 is 0. The largest absolute Gasteiger partial charge is 0.496 e. The Morgan fingerprint density at radius 3 is 2.62 bits per heavy atom. The number of rotatable bonds is 8. The molecule has 0 saturated carbocycles. The Kier molecular flexibility index (Phi) is 7.03. The molecule has 3 aromatic carbocycles.